The minimum atomic E-state index is 0.00899. The molecule has 23 heavy (non-hydrogen) atoms. The summed E-state index contributed by atoms with van der Waals surface area (Å²) in [6, 6.07) is 11.2. The Kier molecular flexibility index (Phi) is 5.13. The molecule has 0 saturated carbocycles. The van der Waals surface area contributed by atoms with Gasteiger partial charge in [-0.3, -0.25) is 9.78 Å². The van der Waals surface area contributed by atoms with Gasteiger partial charge in [-0.25, -0.2) is 0 Å². The fourth-order valence-corrected chi connectivity index (χ4v) is 2.96. The standard InChI is InChI=1S/C18H20ClN3O/c19-15-7-3-4-8-16(15)21-14-9-10-20-17(13-14)18(23)22-11-5-1-2-6-12-22/h3-4,7-10,13H,1-2,5-6,11-12H2,(H,20,21). The molecule has 120 valence electrons. The molecule has 1 N–H and O–H groups in total. The molecule has 0 atom stereocenters. The smallest absolute Gasteiger partial charge is 0.272 e. The van der Waals surface area contributed by atoms with Crippen LogP contribution in [0.25, 0.3) is 0 Å². The van der Waals surface area contributed by atoms with Crippen LogP contribution in [0.4, 0.5) is 11.4 Å². The van der Waals surface area contributed by atoms with E-state index >= 15 is 0 Å². The molecular weight excluding hydrogens is 310 g/mol. The number of halogens is 1. The molecule has 0 bridgehead atoms. The summed E-state index contributed by atoms with van der Waals surface area (Å²) >= 11 is 6.16. The molecule has 0 aliphatic carbocycles. The lowest BCUT2D eigenvalue weighted by atomic mass is 10.2. The lowest BCUT2D eigenvalue weighted by Crippen LogP contribution is -2.32. The number of hydrogen-bond acceptors (Lipinski definition) is 3. The third kappa shape index (κ3) is 4.02. The Morgan fingerprint density at radius 1 is 1.09 bits per heavy atom. The highest BCUT2D eigenvalue weighted by atomic mass is 35.5. The van der Waals surface area contributed by atoms with Gasteiger partial charge in [-0.05, 0) is 37.1 Å². The second-order valence-corrected chi connectivity index (χ2v) is 6.15. The number of nitrogens with one attached hydrogen (secondary N) is 1. The monoisotopic (exact) mass is 329 g/mol. The summed E-state index contributed by atoms with van der Waals surface area (Å²) in [5, 5.41) is 3.88. The first-order valence-corrected chi connectivity index (χ1v) is 8.39. The minimum absolute atomic E-state index is 0.00899. The highest BCUT2D eigenvalue weighted by Gasteiger charge is 2.18. The van der Waals surface area contributed by atoms with Gasteiger partial charge in [0, 0.05) is 25.0 Å². The SMILES string of the molecule is O=C(c1cc(Nc2ccccc2Cl)ccn1)N1CCCCCC1. The van der Waals surface area contributed by atoms with Crippen LogP contribution in [0.2, 0.25) is 5.02 Å². The van der Waals surface area contributed by atoms with Gasteiger partial charge in [-0.1, -0.05) is 36.6 Å². The Hall–Kier alpha value is -2.07. The molecule has 2 heterocycles. The fraction of sp³-hybridized carbons (Fsp3) is 0.333. The van der Waals surface area contributed by atoms with Gasteiger partial charge in [0.05, 0.1) is 10.7 Å². The minimum Gasteiger partial charge on any atom is -0.354 e. The molecule has 1 fully saturated rings. The molecule has 1 aliphatic heterocycles. The molecule has 0 unspecified atom stereocenters. The Bertz CT molecular complexity index is 681. The number of amides is 1. The Morgan fingerprint density at radius 2 is 1.83 bits per heavy atom. The van der Waals surface area contributed by atoms with E-state index in [1.807, 2.05) is 35.2 Å². The zero-order chi connectivity index (χ0) is 16.1. The second kappa shape index (κ2) is 7.47. The van der Waals surface area contributed by atoms with E-state index in [9.17, 15) is 4.79 Å². The van der Waals surface area contributed by atoms with Gasteiger partial charge in [0.15, 0.2) is 0 Å². The zero-order valence-electron chi connectivity index (χ0n) is 13.0. The molecule has 3 rings (SSSR count). The van der Waals surface area contributed by atoms with E-state index in [1.165, 1.54) is 12.8 Å². The maximum Gasteiger partial charge on any atom is 0.272 e. The Morgan fingerprint density at radius 3 is 2.57 bits per heavy atom. The van der Waals surface area contributed by atoms with Crippen LogP contribution in [0.15, 0.2) is 42.6 Å². The third-order valence-electron chi connectivity index (χ3n) is 4.03. The van der Waals surface area contributed by atoms with Crippen molar-refractivity contribution in [2.45, 2.75) is 25.7 Å². The molecule has 1 aromatic heterocycles. The van der Waals surface area contributed by atoms with Crippen molar-refractivity contribution in [3.05, 3.63) is 53.3 Å². The first-order valence-electron chi connectivity index (χ1n) is 8.01. The molecule has 1 aromatic carbocycles. The quantitative estimate of drug-likeness (QED) is 0.902. The number of benzene rings is 1. The van der Waals surface area contributed by atoms with Crippen LogP contribution in [-0.2, 0) is 0 Å². The first kappa shape index (κ1) is 15.8. The number of aromatic nitrogens is 1. The van der Waals surface area contributed by atoms with Crippen molar-refractivity contribution < 1.29 is 4.79 Å². The van der Waals surface area contributed by atoms with Crippen LogP contribution < -0.4 is 5.32 Å². The van der Waals surface area contributed by atoms with Gasteiger partial charge < -0.3 is 10.2 Å². The second-order valence-electron chi connectivity index (χ2n) is 5.74. The van der Waals surface area contributed by atoms with E-state index in [0.29, 0.717) is 10.7 Å². The fourth-order valence-electron chi connectivity index (χ4n) is 2.78. The summed E-state index contributed by atoms with van der Waals surface area (Å²) in [5.74, 6) is 0.00899. The van der Waals surface area contributed by atoms with Gasteiger partial charge in [-0.2, -0.15) is 0 Å². The number of para-hydroxylation sites is 1. The molecule has 4 nitrogen and oxygen atoms in total. The van der Waals surface area contributed by atoms with Crippen LogP contribution in [0.5, 0.6) is 0 Å². The van der Waals surface area contributed by atoms with Crippen LogP contribution in [0.3, 0.4) is 0 Å². The molecule has 5 heteroatoms. The van der Waals surface area contributed by atoms with E-state index in [2.05, 4.69) is 10.3 Å². The number of rotatable bonds is 3. The predicted molar refractivity (Wildman–Crippen MR) is 93.3 cm³/mol. The maximum absolute atomic E-state index is 12.6. The lowest BCUT2D eigenvalue weighted by Gasteiger charge is -2.20. The van der Waals surface area contributed by atoms with Gasteiger partial charge >= 0.3 is 0 Å². The molecular formula is C18H20ClN3O. The summed E-state index contributed by atoms with van der Waals surface area (Å²) < 4.78 is 0. The Balaban J connectivity index is 1.76. The zero-order valence-corrected chi connectivity index (χ0v) is 13.7. The normalized spacial score (nSPS) is 15.1. The third-order valence-corrected chi connectivity index (χ3v) is 4.35. The summed E-state index contributed by atoms with van der Waals surface area (Å²) in [6.45, 7) is 1.64. The maximum atomic E-state index is 12.6. The van der Waals surface area contributed by atoms with Crippen molar-refractivity contribution in [1.29, 1.82) is 0 Å². The van der Waals surface area contributed by atoms with Gasteiger partial charge in [0.25, 0.3) is 5.91 Å². The lowest BCUT2D eigenvalue weighted by molar-refractivity contribution is 0.0756. The van der Waals surface area contributed by atoms with E-state index in [0.717, 1.165) is 37.3 Å². The largest absolute Gasteiger partial charge is 0.354 e. The molecule has 0 radical (unpaired) electrons. The number of hydrogen-bond donors (Lipinski definition) is 1. The molecule has 1 amide bonds. The predicted octanol–water partition coefficient (Wildman–Crippen LogP) is 4.49. The highest BCUT2D eigenvalue weighted by molar-refractivity contribution is 6.33. The number of nitrogens with zero attached hydrogens (tertiary/aromatic N) is 2. The van der Waals surface area contributed by atoms with E-state index in [-0.39, 0.29) is 5.91 Å². The average Bonchev–Trinajstić information content (AvgIpc) is 2.86. The molecule has 2 aromatic rings. The number of pyridine rings is 1. The number of likely N-dealkylation sites (tertiary alicyclic amines) is 1. The molecule has 1 saturated heterocycles. The van der Waals surface area contributed by atoms with Crippen molar-refractivity contribution in [3.63, 3.8) is 0 Å². The van der Waals surface area contributed by atoms with Crippen LogP contribution >= 0.6 is 11.6 Å². The summed E-state index contributed by atoms with van der Waals surface area (Å²) in [4.78, 5) is 18.8. The Labute approximate surface area is 141 Å². The average molecular weight is 330 g/mol. The van der Waals surface area contributed by atoms with Gasteiger partial charge in [0.1, 0.15) is 5.69 Å². The number of anilines is 2. The summed E-state index contributed by atoms with van der Waals surface area (Å²) in [6.07, 6.45) is 6.20. The van der Waals surface area contributed by atoms with Gasteiger partial charge in [-0.15, -0.1) is 0 Å². The van der Waals surface area contributed by atoms with Crippen LogP contribution in [0, 0.1) is 0 Å². The van der Waals surface area contributed by atoms with E-state index in [4.69, 9.17) is 11.6 Å². The van der Waals surface area contributed by atoms with Crippen LogP contribution in [-0.4, -0.2) is 28.9 Å². The summed E-state index contributed by atoms with van der Waals surface area (Å²) in [7, 11) is 0. The summed E-state index contributed by atoms with van der Waals surface area (Å²) in [5.41, 5.74) is 2.10. The first-order chi connectivity index (χ1) is 11.2. The van der Waals surface area contributed by atoms with E-state index < -0.39 is 0 Å². The number of carbonyl (C=O) groups excluding carboxylic acids is 1. The highest BCUT2D eigenvalue weighted by Crippen LogP contribution is 2.25. The van der Waals surface area contributed by atoms with Crippen molar-refractivity contribution in [1.82, 2.24) is 9.88 Å². The van der Waals surface area contributed by atoms with Crippen molar-refractivity contribution in [2.24, 2.45) is 0 Å². The van der Waals surface area contributed by atoms with E-state index in [1.54, 1.807) is 12.3 Å². The van der Waals surface area contributed by atoms with Crippen LogP contribution in [0.1, 0.15) is 36.2 Å². The van der Waals surface area contributed by atoms with Crippen molar-refractivity contribution >= 4 is 28.9 Å². The van der Waals surface area contributed by atoms with Crippen molar-refractivity contribution in [3.8, 4) is 0 Å². The number of carbonyl (C=O) groups is 1. The molecule has 1 aliphatic rings. The topological polar surface area (TPSA) is 45.2 Å². The molecule has 0 spiro atoms. The van der Waals surface area contributed by atoms with Crippen molar-refractivity contribution in [2.75, 3.05) is 18.4 Å². The van der Waals surface area contributed by atoms with Gasteiger partial charge in [0.2, 0.25) is 0 Å².